The van der Waals surface area contributed by atoms with E-state index in [4.69, 9.17) is 14.9 Å². The topological polar surface area (TPSA) is 119 Å². The van der Waals surface area contributed by atoms with Gasteiger partial charge < -0.3 is 30.1 Å². The summed E-state index contributed by atoms with van der Waals surface area (Å²) in [7, 11) is 1.93. The molecule has 0 aromatic carbocycles. The highest BCUT2D eigenvalue weighted by molar-refractivity contribution is 5.84. The fourth-order valence-electron chi connectivity index (χ4n) is 1.83. The van der Waals surface area contributed by atoms with Gasteiger partial charge in [0.1, 0.15) is 13.1 Å². The summed E-state index contributed by atoms with van der Waals surface area (Å²) >= 11 is 0. The van der Waals surface area contributed by atoms with Crippen molar-refractivity contribution >= 4 is 18.0 Å². The summed E-state index contributed by atoms with van der Waals surface area (Å²) in [5, 5.41) is 19.8. The number of carboxylic acids is 2. The molecule has 0 radical (unpaired) electrons. The van der Waals surface area contributed by atoms with Gasteiger partial charge in [0, 0.05) is 19.6 Å². The molecule has 114 valence electrons. The Bertz CT molecular complexity index is 359. The Labute approximate surface area is 116 Å². The number of carbonyl (C=O) groups is 3. The summed E-state index contributed by atoms with van der Waals surface area (Å²) in [6, 6.07) is -0.730. The maximum Gasteiger partial charge on any atom is 0.323 e. The molecule has 20 heavy (non-hydrogen) atoms. The summed E-state index contributed by atoms with van der Waals surface area (Å²) in [5.41, 5.74) is 0. The van der Waals surface area contributed by atoms with E-state index >= 15 is 0 Å². The van der Waals surface area contributed by atoms with Crippen molar-refractivity contribution in [1.82, 2.24) is 15.1 Å². The number of urea groups is 1. The Morgan fingerprint density at radius 1 is 1.30 bits per heavy atom. The van der Waals surface area contributed by atoms with Crippen molar-refractivity contribution in [1.29, 1.82) is 0 Å². The maximum atomic E-state index is 11.8. The van der Waals surface area contributed by atoms with E-state index in [1.54, 1.807) is 0 Å². The first-order valence-electron chi connectivity index (χ1n) is 6.15. The molecule has 0 saturated carbocycles. The molecular formula is C11H19N3O6. The molecule has 1 unspecified atom stereocenters. The lowest BCUT2D eigenvalue weighted by Crippen LogP contribution is -2.50. The zero-order valence-corrected chi connectivity index (χ0v) is 11.2. The van der Waals surface area contributed by atoms with Gasteiger partial charge in [-0.15, -0.1) is 0 Å². The van der Waals surface area contributed by atoms with Crippen LogP contribution in [0.15, 0.2) is 0 Å². The zero-order valence-electron chi connectivity index (χ0n) is 11.2. The van der Waals surface area contributed by atoms with Crippen molar-refractivity contribution in [2.24, 2.45) is 0 Å². The van der Waals surface area contributed by atoms with Gasteiger partial charge >= 0.3 is 18.0 Å². The zero-order chi connectivity index (χ0) is 15.1. The van der Waals surface area contributed by atoms with Crippen molar-refractivity contribution in [3.8, 4) is 0 Å². The second-order valence-corrected chi connectivity index (χ2v) is 4.58. The number of amides is 2. The number of rotatable bonds is 6. The van der Waals surface area contributed by atoms with Crippen LogP contribution in [-0.2, 0) is 14.3 Å². The van der Waals surface area contributed by atoms with E-state index in [1.165, 1.54) is 0 Å². The fraction of sp³-hybridized carbons (Fsp3) is 0.727. The van der Waals surface area contributed by atoms with Gasteiger partial charge in [-0.3, -0.25) is 9.59 Å². The van der Waals surface area contributed by atoms with E-state index in [1.807, 2.05) is 11.9 Å². The van der Waals surface area contributed by atoms with Crippen LogP contribution in [0.1, 0.15) is 0 Å². The number of nitrogens with one attached hydrogen (secondary N) is 1. The minimum absolute atomic E-state index is 0.186. The number of carboxylic acid groups (broad SMARTS) is 2. The van der Waals surface area contributed by atoms with Gasteiger partial charge in [0.25, 0.3) is 0 Å². The molecule has 1 saturated heterocycles. The molecule has 9 heteroatoms. The molecule has 0 aliphatic carbocycles. The van der Waals surface area contributed by atoms with Gasteiger partial charge in [-0.05, 0) is 7.05 Å². The molecule has 1 rings (SSSR count). The van der Waals surface area contributed by atoms with E-state index in [0.717, 1.165) is 11.4 Å². The maximum absolute atomic E-state index is 11.8. The molecule has 9 nitrogen and oxygen atoms in total. The lowest BCUT2D eigenvalue weighted by atomic mass is 10.3. The van der Waals surface area contributed by atoms with Gasteiger partial charge in [0.05, 0.1) is 12.7 Å². The minimum Gasteiger partial charge on any atom is -0.480 e. The van der Waals surface area contributed by atoms with Crippen LogP contribution in [0.2, 0.25) is 0 Å². The van der Waals surface area contributed by atoms with Crippen LogP contribution in [-0.4, -0.2) is 90.5 Å². The Hall–Kier alpha value is -1.87. The van der Waals surface area contributed by atoms with Crippen LogP contribution in [0.25, 0.3) is 0 Å². The monoisotopic (exact) mass is 289 g/mol. The van der Waals surface area contributed by atoms with E-state index in [2.05, 4.69) is 5.32 Å². The van der Waals surface area contributed by atoms with Gasteiger partial charge in [-0.25, -0.2) is 4.79 Å². The lowest BCUT2D eigenvalue weighted by Gasteiger charge is -2.30. The SMILES string of the molecule is CN1CCOC(CNC(=O)N(CC(=O)O)CC(=O)O)C1. The molecule has 1 fully saturated rings. The first kappa shape index (κ1) is 16.2. The Balaban J connectivity index is 2.44. The van der Waals surface area contributed by atoms with Crippen molar-refractivity contribution in [3.05, 3.63) is 0 Å². The van der Waals surface area contributed by atoms with Gasteiger partial charge in [0.15, 0.2) is 0 Å². The molecule has 1 aliphatic heterocycles. The van der Waals surface area contributed by atoms with E-state index in [0.29, 0.717) is 13.2 Å². The predicted octanol–water partition coefficient (Wildman–Crippen LogP) is -1.50. The summed E-state index contributed by atoms with van der Waals surface area (Å²) in [6.45, 7) is 0.907. The smallest absolute Gasteiger partial charge is 0.323 e. The number of morpholine rings is 1. The number of hydrogen-bond donors (Lipinski definition) is 3. The van der Waals surface area contributed by atoms with Gasteiger partial charge in [-0.2, -0.15) is 0 Å². The third-order valence-electron chi connectivity index (χ3n) is 2.76. The highest BCUT2D eigenvalue weighted by Gasteiger charge is 2.22. The third kappa shape index (κ3) is 5.85. The van der Waals surface area contributed by atoms with Crippen LogP contribution in [0.5, 0.6) is 0 Å². The Morgan fingerprint density at radius 3 is 2.40 bits per heavy atom. The lowest BCUT2D eigenvalue weighted by molar-refractivity contribution is -0.140. The Kier molecular flexibility index (Phi) is 6.19. The number of likely N-dealkylation sites (N-methyl/N-ethyl adjacent to an activating group) is 1. The number of carbonyl (C=O) groups excluding carboxylic acids is 1. The number of ether oxygens (including phenoxy) is 1. The summed E-state index contributed by atoms with van der Waals surface area (Å²) in [4.78, 5) is 35.7. The van der Waals surface area contributed by atoms with E-state index in [-0.39, 0.29) is 12.6 Å². The van der Waals surface area contributed by atoms with Crippen molar-refractivity contribution in [2.75, 3.05) is 46.4 Å². The van der Waals surface area contributed by atoms with Crippen LogP contribution >= 0.6 is 0 Å². The first-order chi connectivity index (χ1) is 9.38. The second kappa shape index (κ2) is 7.65. The first-order valence-corrected chi connectivity index (χ1v) is 6.15. The average Bonchev–Trinajstić information content (AvgIpc) is 2.34. The Morgan fingerprint density at radius 2 is 1.90 bits per heavy atom. The van der Waals surface area contributed by atoms with Crippen molar-refractivity contribution in [2.45, 2.75) is 6.10 Å². The van der Waals surface area contributed by atoms with Gasteiger partial charge in [-0.1, -0.05) is 0 Å². The molecule has 0 spiro atoms. The summed E-state index contributed by atoms with van der Waals surface area (Å²) in [6.07, 6.45) is -0.186. The molecule has 0 aromatic heterocycles. The van der Waals surface area contributed by atoms with Crippen LogP contribution < -0.4 is 5.32 Å². The van der Waals surface area contributed by atoms with E-state index < -0.39 is 31.1 Å². The third-order valence-corrected chi connectivity index (χ3v) is 2.76. The molecule has 2 amide bonds. The van der Waals surface area contributed by atoms with Crippen LogP contribution in [0.3, 0.4) is 0 Å². The number of nitrogens with zero attached hydrogens (tertiary/aromatic N) is 2. The highest BCUT2D eigenvalue weighted by Crippen LogP contribution is 2.02. The minimum atomic E-state index is -1.27. The number of hydrogen-bond acceptors (Lipinski definition) is 5. The van der Waals surface area contributed by atoms with Crippen LogP contribution in [0.4, 0.5) is 4.79 Å². The van der Waals surface area contributed by atoms with E-state index in [9.17, 15) is 14.4 Å². The fourth-order valence-corrected chi connectivity index (χ4v) is 1.83. The standard InChI is InChI=1S/C11H19N3O6/c1-13-2-3-20-8(5-13)4-12-11(19)14(6-9(15)16)7-10(17)18/h8H,2-7H2,1H3,(H,12,19)(H,15,16)(H,17,18). The largest absolute Gasteiger partial charge is 0.480 e. The molecule has 0 aromatic rings. The van der Waals surface area contributed by atoms with Gasteiger partial charge in [0.2, 0.25) is 0 Å². The highest BCUT2D eigenvalue weighted by atomic mass is 16.5. The average molecular weight is 289 g/mol. The molecule has 0 bridgehead atoms. The molecule has 3 N–H and O–H groups in total. The van der Waals surface area contributed by atoms with Crippen molar-refractivity contribution in [3.63, 3.8) is 0 Å². The van der Waals surface area contributed by atoms with Crippen LogP contribution in [0, 0.1) is 0 Å². The normalized spacial score (nSPS) is 19.4. The second-order valence-electron chi connectivity index (χ2n) is 4.58. The predicted molar refractivity (Wildman–Crippen MR) is 67.5 cm³/mol. The number of aliphatic carboxylic acids is 2. The van der Waals surface area contributed by atoms with Crippen molar-refractivity contribution < 1.29 is 29.3 Å². The molecule has 1 heterocycles. The summed E-state index contributed by atoms with van der Waals surface area (Å²) in [5.74, 6) is -2.54. The quantitative estimate of drug-likeness (QED) is 0.544. The summed E-state index contributed by atoms with van der Waals surface area (Å²) < 4.78 is 5.43. The molecule has 1 aliphatic rings. The molecular weight excluding hydrogens is 270 g/mol. The molecule has 1 atom stereocenters.